The van der Waals surface area contributed by atoms with E-state index in [0.29, 0.717) is 0 Å². The molecule has 0 unspecified atom stereocenters. The van der Waals surface area contributed by atoms with Gasteiger partial charge in [-0.25, -0.2) is 0 Å². The molecule has 1 aliphatic heterocycles. The molecule has 128 valence electrons. The first-order chi connectivity index (χ1) is 12.2. The van der Waals surface area contributed by atoms with Crippen molar-refractivity contribution in [2.45, 2.75) is 18.0 Å². The van der Waals surface area contributed by atoms with Gasteiger partial charge in [0.2, 0.25) is 5.91 Å². The van der Waals surface area contributed by atoms with E-state index in [0.717, 1.165) is 16.7 Å². The van der Waals surface area contributed by atoms with Gasteiger partial charge in [0.05, 0.1) is 18.7 Å². The van der Waals surface area contributed by atoms with Crippen LogP contribution in [0.5, 0.6) is 0 Å². The summed E-state index contributed by atoms with van der Waals surface area (Å²) < 4.78 is 4.86. The Hall–Kier alpha value is -2.75. The number of carbonyl (C=O) groups excluding carboxylic acids is 1. The van der Waals surface area contributed by atoms with Gasteiger partial charge in [-0.3, -0.25) is 9.78 Å². The van der Waals surface area contributed by atoms with Gasteiger partial charge >= 0.3 is 0 Å². The van der Waals surface area contributed by atoms with Crippen LogP contribution in [0.25, 0.3) is 11.1 Å². The van der Waals surface area contributed by atoms with Gasteiger partial charge in [0.15, 0.2) is 0 Å². The molecule has 1 N–H and O–H groups in total. The highest BCUT2D eigenvalue weighted by molar-refractivity contribution is 5.80. The highest BCUT2D eigenvalue weighted by Crippen LogP contribution is 2.40. The van der Waals surface area contributed by atoms with Gasteiger partial charge < -0.3 is 14.7 Å². The summed E-state index contributed by atoms with van der Waals surface area (Å²) in [7, 11) is 1.43. The lowest BCUT2D eigenvalue weighted by Gasteiger charge is -2.51. The van der Waals surface area contributed by atoms with E-state index in [1.54, 1.807) is 12.4 Å². The number of aliphatic hydroxyl groups is 1. The van der Waals surface area contributed by atoms with E-state index < -0.39 is 12.1 Å². The molecule has 1 saturated heterocycles. The third-order valence-electron chi connectivity index (χ3n) is 4.58. The molecular weight excluding hydrogens is 318 g/mol. The first-order valence-electron chi connectivity index (χ1n) is 8.02. The van der Waals surface area contributed by atoms with Crippen LogP contribution >= 0.6 is 0 Å². The van der Waals surface area contributed by atoms with E-state index >= 15 is 0 Å². The summed E-state index contributed by atoms with van der Waals surface area (Å²) >= 11 is 0. The van der Waals surface area contributed by atoms with E-state index in [1.165, 1.54) is 12.0 Å². The van der Waals surface area contributed by atoms with Crippen molar-refractivity contribution in [3.63, 3.8) is 0 Å². The third-order valence-corrected chi connectivity index (χ3v) is 4.58. The molecule has 1 aliphatic rings. The normalized spacial score (nSPS) is 22.1. The fraction of sp³-hybridized carbons (Fsp3) is 0.316. The molecule has 1 fully saturated rings. The number of nitrogens with zero attached hydrogens (tertiary/aromatic N) is 3. The highest BCUT2D eigenvalue weighted by Gasteiger charge is 2.51. The second-order valence-corrected chi connectivity index (χ2v) is 5.95. The first-order valence-corrected chi connectivity index (χ1v) is 8.02. The number of hydrogen-bond acceptors (Lipinski definition) is 5. The molecule has 0 radical (unpaired) electrons. The zero-order valence-corrected chi connectivity index (χ0v) is 13.9. The molecule has 0 bridgehead atoms. The minimum Gasteiger partial charge on any atom is -0.394 e. The van der Waals surface area contributed by atoms with Gasteiger partial charge in [-0.2, -0.15) is 5.26 Å². The Morgan fingerprint density at radius 3 is 2.64 bits per heavy atom. The predicted octanol–water partition coefficient (Wildman–Crippen LogP) is 1.57. The summed E-state index contributed by atoms with van der Waals surface area (Å²) in [6.45, 7) is -0.288. The third kappa shape index (κ3) is 3.12. The lowest BCUT2D eigenvalue weighted by molar-refractivity contribution is -0.150. The van der Waals surface area contributed by atoms with Crippen molar-refractivity contribution in [1.29, 1.82) is 5.26 Å². The van der Waals surface area contributed by atoms with Crippen molar-refractivity contribution in [3.05, 3.63) is 54.4 Å². The molecule has 6 nitrogen and oxygen atoms in total. The number of rotatable bonds is 5. The second-order valence-electron chi connectivity index (χ2n) is 5.95. The number of carbonyl (C=O) groups is 1. The summed E-state index contributed by atoms with van der Waals surface area (Å²) in [5.74, 6) is -0.491. The molecule has 2 aromatic rings. The molecule has 3 rings (SSSR count). The summed E-state index contributed by atoms with van der Waals surface area (Å²) in [6, 6.07) is 12.9. The van der Waals surface area contributed by atoms with Crippen LogP contribution in [0.3, 0.4) is 0 Å². The number of methoxy groups -OCH3 is 1. The van der Waals surface area contributed by atoms with E-state index in [2.05, 4.69) is 11.1 Å². The number of amides is 1. The monoisotopic (exact) mass is 337 g/mol. The maximum absolute atomic E-state index is 12.1. The standard InChI is InChI=1S/C19H19N3O3/c1-25-12-18(24)22-16(9-20)19(17(22)11-23)14-6-4-13(5-7-14)15-3-2-8-21-10-15/h2-8,10,16-17,19,23H,11-12H2,1H3/t16-,17-,19+/m1/s1. The van der Waals surface area contributed by atoms with E-state index in [9.17, 15) is 15.2 Å². The van der Waals surface area contributed by atoms with Crippen LogP contribution in [0.4, 0.5) is 0 Å². The fourth-order valence-electron chi connectivity index (χ4n) is 3.38. The first kappa shape index (κ1) is 17.1. The second kappa shape index (κ2) is 7.43. The average Bonchev–Trinajstić information content (AvgIpc) is 2.63. The van der Waals surface area contributed by atoms with Crippen molar-refractivity contribution >= 4 is 5.91 Å². The minimum atomic E-state index is -0.593. The van der Waals surface area contributed by atoms with Gasteiger partial charge in [0.1, 0.15) is 12.6 Å². The number of aromatic nitrogens is 1. The number of pyridine rings is 1. The topological polar surface area (TPSA) is 86.5 Å². The zero-order valence-electron chi connectivity index (χ0n) is 13.9. The molecule has 0 aliphatic carbocycles. The van der Waals surface area contributed by atoms with Gasteiger partial charge in [-0.05, 0) is 22.8 Å². The maximum Gasteiger partial charge on any atom is 0.249 e. The van der Waals surface area contributed by atoms with Crippen molar-refractivity contribution in [1.82, 2.24) is 9.88 Å². The van der Waals surface area contributed by atoms with E-state index in [-0.39, 0.29) is 25.0 Å². The van der Waals surface area contributed by atoms with E-state index in [4.69, 9.17) is 4.74 Å². The predicted molar refractivity (Wildman–Crippen MR) is 91.4 cm³/mol. The lowest BCUT2D eigenvalue weighted by Crippen LogP contribution is -2.65. The van der Waals surface area contributed by atoms with Crippen molar-refractivity contribution in [3.8, 4) is 17.2 Å². The molecule has 1 aromatic heterocycles. The Morgan fingerprint density at radius 2 is 2.08 bits per heavy atom. The van der Waals surface area contributed by atoms with Gasteiger partial charge in [-0.15, -0.1) is 0 Å². The van der Waals surface area contributed by atoms with Crippen LogP contribution in [0, 0.1) is 11.3 Å². The molecule has 1 amide bonds. The maximum atomic E-state index is 12.1. The number of likely N-dealkylation sites (tertiary alicyclic amines) is 1. The Balaban J connectivity index is 1.83. The summed E-state index contributed by atoms with van der Waals surface area (Å²) in [5.41, 5.74) is 2.97. The number of nitriles is 1. The molecule has 2 heterocycles. The van der Waals surface area contributed by atoms with E-state index in [1.807, 2.05) is 36.4 Å². The Labute approximate surface area is 146 Å². The van der Waals surface area contributed by atoms with Crippen LogP contribution in [0.15, 0.2) is 48.8 Å². The van der Waals surface area contributed by atoms with Crippen molar-refractivity contribution < 1.29 is 14.6 Å². The molecule has 25 heavy (non-hydrogen) atoms. The Bertz CT molecular complexity index is 771. The fourth-order valence-corrected chi connectivity index (χ4v) is 3.38. The van der Waals surface area contributed by atoms with Crippen LogP contribution in [-0.2, 0) is 9.53 Å². The average molecular weight is 337 g/mol. The van der Waals surface area contributed by atoms with Crippen LogP contribution in [-0.4, -0.2) is 53.3 Å². The lowest BCUT2D eigenvalue weighted by atomic mass is 9.75. The number of ether oxygens (including phenoxy) is 1. The molecular formula is C19H19N3O3. The molecule has 6 heteroatoms. The van der Waals surface area contributed by atoms with Crippen molar-refractivity contribution in [2.24, 2.45) is 0 Å². The smallest absolute Gasteiger partial charge is 0.249 e. The summed E-state index contributed by atoms with van der Waals surface area (Å²) in [4.78, 5) is 17.6. The molecule has 0 saturated carbocycles. The number of hydrogen-bond donors (Lipinski definition) is 1. The molecule has 0 spiro atoms. The van der Waals surface area contributed by atoms with Gasteiger partial charge in [-0.1, -0.05) is 30.3 Å². The SMILES string of the molecule is COCC(=O)N1[C@H](C#N)[C@H](c2ccc(-c3cccnc3)cc2)[C@H]1CO. The van der Waals surface area contributed by atoms with Crippen LogP contribution < -0.4 is 0 Å². The number of benzene rings is 1. The highest BCUT2D eigenvalue weighted by atomic mass is 16.5. The van der Waals surface area contributed by atoms with Gasteiger partial charge in [0.25, 0.3) is 0 Å². The zero-order chi connectivity index (χ0) is 17.8. The Morgan fingerprint density at radius 1 is 1.32 bits per heavy atom. The molecule has 3 atom stereocenters. The van der Waals surface area contributed by atoms with Crippen LogP contribution in [0.1, 0.15) is 11.5 Å². The van der Waals surface area contributed by atoms with Gasteiger partial charge in [0, 0.05) is 25.4 Å². The quantitative estimate of drug-likeness (QED) is 0.895. The summed E-state index contributed by atoms with van der Waals surface area (Å²) in [5, 5.41) is 19.2. The minimum absolute atomic E-state index is 0.0959. The molecule has 1 aromatic carbocycles. The van der Waals surface area contributed by atoms with Crippen molar-refractivity contribution in [2.75, 3.05) is 20.3 Å². The Kier molecular flexibility index (Phi) is 5.08. The number of aliphatic hydroxyl groups excluding tert-OH is 1. The summed E-state index contributed by atoms with van der Waals surface area (Å²) in [6.07, 6.45) is 3.51. The largest absolute Gasteiger partial charge is 0.394 e. The van der Waals surface area contributed by atoms with Crippen LogP contribution in [0.2, 0.25) is 0 Å².